The number of phenolic OH excluding ortho intramolecular Hbond substituents is 1. The number of halogens is 1. The maximum atomic E-state index is 12.2. The molecule has 1 amide bonds. The number of nitrogens with zero attached hydrogens (tertiary/aromatic N) is 1. The van der Waals surface area contributed by atoms with Gasteiger partial charge in [0.05, 0.1) is 15.8 Å². The molecular formula is C17H15ClN2O3S. The van der Waals surface area contributed by atoms with Crippen molar-refractivity contribution in [1.29, 1.82) is 0 Å². The Morgan fingerprint density at radius 1 is 1.25 bits per heavy atom. The van der Waals surface area contributed by atoms with E-state index in [0.29, 0.717) is 23.4 Å². The third kappa shape index (κ3) is 3.60. The fourth-order valence-electron chi connectivity index (χ4n) is 2.37. The first-order valence-electron chi connectivity index (χ1n) is 7.42. The first-order valence-corrected chi connectivity index (χ1v) is 8.57. The number of hydrogen-bond donors (Lipinski definition) is 2. The maximum absolute atomic E-state index is 12.2. The molecule has 0 bridgehead atoms. The van der Waals surface area contributed by atoms with Crippen LogP contribution in [-0.4, -0.2) is 15.0 Å². The van der Waals surface area contributed by atoms with Crippen LogP contribution >= 0.6 is 23.1 Å². The summed E-state index contributed by atoms with van der Waals surface area (Å²) in [6.45, 7) is 0.479. The van der Waals surface area contributed by atoms with E-state index >= 15 is 0 Å². The number of nitrogens with one attached hydrogen (secondary N) is 1. The van der Waals surface area contributed by atoms with Crippen molar-refractivity contribution in [1.82, 2.24) is 3.96 Å². The summed E-state index contributed by atoms with van der Waals surface area (Å²) < 4.78 is 2.60. The molecule has 2 N–H and O–H groups in total. The fraction of sp³-hybridized carbons (Fsp3) is 0.176. The lowest BCUT2D eigenvalue weighted by Gasteiger charge is -2.07. The van der Waals surface area contributed by atoms with Crippen LogP contribution in [0, 0.1) is 0 Å². The van der Waals surface area contributed by atoms with Crippen LogP contribution in [0.1, 0.15) is 12.8 Å². The summed E-state index contributed by atoms with van der Waals surface area (Å²) in [4.78, 5) is 24.2. The van der Waals surface area contributed by atoms with Crippen molar-refractivity contribution in [3.05, 3.63) is 57.8 Å². The van der Waals surface area contributed by atoms with Gasteiger partial charge in [-0.05, 0) is 36.8 Å². The Kier molecular flexibility index (Phi) is 4.87. The number of aryl methyl sites for hydroxylation is 1. The molecule has 0 saturated carbocycles. The maximum Gasteiger partial charge on any atom is 0.268 e. The highest BCUT2D eigenvalue weighted by atomic mass is 35.5. The van der Waals surface area contributed by atoms with Gasteiger partial charge in [-0.3, -0.25) is 13.5 Å². The highest BCUT2D eigenvalue weighted by molar-refractivity contribution is 7.13. The van der Waals surface area contributed by atoms with E-state index < -0.39 is 0 Å². The summed E-state index contributed by atoms with van der Waals surface area (Å²) in [5.41, 5.74) is 0.259. The molecule has 5 nitrogen and oxygen atoms in total. The largest absolute Gasteiger partial charge is 0.506 e. The van der Waals surface area contributed by atoms with Gasteiger partial charge < -0.3 is 10.4 Å². The zero-order valence-electron chi connectivity index (χ0n) is 12.7. The van der Waals surface area contributed by atoms with E-state index in [0.717, 1.165) is 4.70 Å². The number of carbonyl (C=O) groups excluding carboxylic acids is 1. The second kappa shape index (κ2) is 7.07. The van der Waals surface area contributed by atoms with E-state index in [2.05, 4.69) is 5.32 Å². The highest BCUT2D eigenvalue weighted by Gasteiger charge is 2.09. The zero-order chi connectivity index (χ0) is 17.1. The molecule has 2 aromatic carbocycles. The normalized spacial score (nSPS) is 10.9. The van der Waals surface area contributed by atoms with Gasteiger partial charge in [0.2, 0.25) is 5.91 Å². The quantitative estimate of drug-likeness (QED) is 0.677. The van der Waals surface area contributed by atoms with Crippen molar-refractivity contribution in [3.63, 3.8) is 0 Å². The number of benzene rings is 2. The summed E-state index contributed by atoms with van der Waals surface area (Å²) in [5, 5.41) is 13.4. The first-order chi connectivity index (χ1) is 11.5. The predicted molar refractivity (Wildman–Crippen MR) is 97.1 cm³/mol. The zero-order valence-corrected chi connectivity index (χ0v) is 14.2. The summed E-state index contributed by atoms with van der Waals surface area (Å²) in [7, 11) is 0. The average Bonchev–Trinajstić information content (AvgIpc) is 2.88. The van der Waals surface area contributed by atoms with Crippen molar-refractivity contribution in [2.24, 2.45) is 0 Å². The van der Waals surface area contributed by atoms with Gasteiger partial charge in [-0.25, -0.2) is 0 Å². The van der Waals surface area contributed by atoms with E-state index in [1.807, 2.05) is 18.2 Å². The van der Waals surface area contributed by atoms with E-state index in [1.54, 1.807) is 16.1 Å². The molecule has 0 saturated heterocycles. The lowest BCUT2D eigenvalue weighted by atomic mass is 10.2. The second-order valence-corrected chi connectivity index (χ2v) is 6.81. The van der Waals surface area contributed by atoms with E-state index in [-0.39, 0.29) is 29.3 Å². The number of aromatic nitrogens is 1. The number of hydrogen-bond acceptors (Lipinski definition) is 4. The number of aromatic hydroxyl groups is 1. The van der Waals surface area contributed by atoms with Crippen LogP contribution in [0.4, 0.5) is 5.69 Å². The number of rotatable bonds is 5. The number of fused-ring (bicyclic) bond motifs is 1. The Balaban J connectivity index is 1.59. The minimum atomic E-state index is -0.235. The average molecular weight is 363 g/mol. The SMILES string of the molecule is O=C(CCCn1sc2ccccc2c1=O)Nc1cc(Cl)ccc1O. The molecule has 24 heavy (non-hydrogen) atoms. The van der Waals surface area contributed by atoms with Crippen molar-refractivity contribution >= 4 is 44.8 Å². The summed E-state index contributed by atoms with van der Waals surface area (Å²) >= 11 is 7.24. The molecule has 0 unspecified atom stereocenters. The van der Waals surface area contributed by atoms with E-state index in [9.17, 15) is 14.7 Å². The van der Waals surface area contributed by atoms with Crippen LogP contribution in [-0.2, 0) is 11.3 Å². The van der Waals surface area contributed by atoms with Gasteiger partial charge in [0.15, 0.2) is 0 Å². The van der Waals surface area contributed by atoms with Crippen molar-refractivity contribution < 1.29 is 9.90 Å². The molecule has 0 atom stereocenters. The second-order valence-electron chi connectivity index (χ2n) is 5.31. The van der Waals surface area contributed by atoms with Gasteiger partial charge in [-0.2, -0.15) is 0 Å². The molecule has 7 heteroatoms. The minimum absolute atomic E-state index is 0.0245. The molecular weight excluding hydrogens is 348 g/mol. The van der Waals surface area contributed by atoms with Crippen LogP contribution in [0.5, 0.6) is 5.75 Å². The number of phenols is 1. The Morgan fingerprint density at radius 3 is 2.83 bits per heavy atom. The van der Waals surface area contributed by atoms with Gasteiger partial charge in [0, 0.05) is 18.0 Å². The number of carbonyl (C=O) groups is 1. The molecule has 0 aliphatic heterocycles. The van der Waals surface area contributed by atoms with Crippen LogP contribution in [0.25, 0.3) is 10.1 Å². The van der Waals surface area contributed by atoms with Gasteiger partial charge in [-0.15, -0.1) is 0 Å². The third-order valence-corrected chi connectivity index (χ3v) is 4.91. The summed E-state index contributed by atoms with van der Waals surface area (Å²) in [6, 6.07) is 11.9. The van der Waals surface area contributed by atoms with Crippen LogP contribution in [0.3, 0.4) is 0 Å². The molecule has 0 spiro atoms. The first kappa shape index (κ1) is 16.5. The molecule has 0 aliphatic carbocycles. The smallest absolute Gasteiger partial charge is 0.268 e. The molecule has 3 rings (SSSR count). The molecule has 0 fully saturated rings. The topological polar surface area (TPSA) is 71.3 Å². The number of amides is 1. The van der Waals surface area contributed by atoms with Crippen LogP contribution < -0.4 is 10.9 Å². The molecule has 3 aromatic rings. The van der Waals surface area contributed by atoms with Crippen molar-refractivity contribution in [3.8, 4) is 5.75 Å². The van der Waals surface area contributed by atoms with Gasteiger partial charge in [0.1, 0.15) is 5.75 Å². The Labute approximate surface area is 147 Å². The summed E-state index contributed by atoms with van der Waals surface area (Å²) in [6.07, 6.45) is 0.770. The highest BCUT2D eigenvalue weighted by Crippen LogP contribution is 2.26. The lowest BCUT2D eigenvalue weighted by Crippen LogP contribution is -2.16. The van der Waals surface area contributed by atoms with Gasteiger partial charge in [0.25, 0.3) is 5.56 Å². The van der Waals surface area contributed by atoms with Crippen molar-refractivity contribution in [2.75, 3.05) is 5.32 Å². The molecule has 124 valence electrons. The molecule has 0 aliphatic rings. The standard InChI is InChI=1S/C17H15ClN2O3S/c18-11-7-8-14(21)13(10-11)19-16(22)6-3-9-20-17(23)12-4-1-2-5-15(12)24-20/h1-2,4-5,7-8,10,21H,3,6,9H2,(H,19,22). The van der Waals surface area contributed by atoms with E-state index in [1.165, 1.54) is 23.7 Å². The predicted octanol–water partition coefficient (Wildman–Crippen LogP) is 3.84. The van der Waals surface area contributed by atoms with Crippen LogP contribution in [0.2, 0.25) is 5.02 Å². The Hall–Kier alpha value is -2.31. The Morgan fingerprint density at radius 2 is 2.04 bits per heavy atom. The third-order valence-electron chi connectivity index (χ3n) is 3.55. The summed E-state index contributed by atoms with van der Waals surface area (Å²) in [5.74, 6) is -0.268. The van der Waals surface area contributed by atoms with Gasteiger partial charge in [-0.1, -0.05) is 35.3 Å². The van der Waals surface area contributed by atoms with Gasteiger partial charge >= 0.3 is 0 Å². The lowest BCUT2D eigenvalue weighted by molar-refractivity contribution is -0.116. The monoisotopic (exact) mass is 362 g/mol. The fourth-order valence-corrected chi connectivity index (χ4v) is 3.57. The van der Waals surface area contributed by atoms with Crippen LogP contribution in [0.15, 0.2) is 47.3 Å². The Bertz CT molecular complexity index is 948. The molecule has 0 radical (unpaired) electrons. The number of anilines is 1. The molecule has 1 aromatic heterocycles. The van der Waals surface area contributed by atoms with Crippen molar-refractivity contribution in [2.45, 2.75) is 19.4 Å². The van der Waals surface area contributed by atoms with E-state index in [4.69, 9.17) is 11.6 Å². The molecule has 1 heterocycles. The minimum Gasteiger partial charge on any atom is -0.506 e.